The molecule has 0 aromatic carbocycles. The predicted octanol–water partition coefficient (Wildman–Crippen LogP) is 2.55. The fourth-order valence-corrected chi connectivity index (χ4v) is 5.76. The van der Waals surface area contributed by atoms with E-state index in [2.05, 4.69) is 33.6 Å². The molecule has 0 spiro atoms. The highest BCUT2D eigenvalue weighted by molar-refractivity contribution is 7.99. The van der Waals surface area contributed by atoms with Gasteiger partial charge in [0.2, 0.25) is 5.91 Å². The van der Waals surface area contributed by atoms with E-state index >= 15 is 0 Å². The molecule has 7 heteroatoms. The molecule has 166 valence electrons. The molecule has 0 aromatic heterocycles. The Morgan fingerprint density at radius 1 is 1.07 bits per heavy atom. The van der Waals surface area contributed by atoms with Crippen LogP contribution in [0.1, 0.15) is 58.3 Å². The summed E-state index contributed by atoms with van der Waals surface area (Å²) in [5, 5.41) is 7.87. The fourth-order valence-electron chi connectivity index (χ4n) is 4.93. The van der Waals surface area contributed by atoms with Crippen LogP contribution in [0.4, 0.5) is 0 Å². The van der Waals surface area contributed by atoms with Crippen molar-refractivity contribution in [2.75, 3.05) is 52.1 Å². The van der Waals surface area contributed by atoms with E-state index in [1.54, 1.807) is 0 Å². The van der Waals surface area contributed by atoms with Gasteiger partial charge in [-0.25, -0.2) is 0 Å². The number of rotatable bonds is 7. The number of amides is 1. The summed E-state index contributed by atoms with van der Waals surface area (Å²) in [6.07, 6.45) is 12.0. The number of hydrogen-bond acceptors (Lipinski definition) is 4. The molecule has 29 heavy (non-hydrogen) atoms. The summed E-state index contributed by atoms with van der Waals surface area (Å²) in [5.74, 6) is 1.69. The monoisotopic (exact) mass is 423 g/mol. The SMILES string of the molecule is CCNC(=NCCN1CCN(C(=O)C2CCCC2)CC1)NC1CCCC(SC)C1. The Kier molecular flexibility index (Phi) is 9.43. The Bertz CT molecular complexity index is 529. The summed E-state index contributed by atoms with van der Waals surface area (Å²) in [6, 6.07) is 0.546. The summed E-state index contributed by atoms with van der Waals surface area (Å²) in [7, 11) is 0. The molecule has 2 aliphatic carbocycles. The molecule has 6 nitrogen and oxygen atoms in total. The summed E-state index contributed by atoms with van der Waals surface area (Å²) in [6.45, 7) is 8.54. The van der Waals surface area contributed by atoms with E-state index in [0.29, 0.717) is 17.9 Å². The van der Waals surface area contributed by atoms with Gasteiger partial charge in [-0.1, -0.05) is 19.3 Å². The standard InChI is InChI=1S/C22H41N5OS/c1-3-23-22(25-19-9-6-10-20(17-19)29-2)24-11-12-26-13-15-27(16-14-26)21(28)18-7-4-5-8-18/h18-20H,3-17H2,1-2H3,(H2,23,24,25). The minimum absolute atomic E-state index is 0.311. The molecule has 0 aromatic rings. The zero-order chi connectivity index (χ0) is 20.5. The third kappa shape index (κ3) is 7.06. The highest BCUT2D eigenvalue weighted by Gasteiger charge is 2.29. The van der Waals surface area contributed by atoms with E-state index < -0.39 is 0 Å². The lowest BCUT2D eigenvalue weighted by molar-refractivity contribution is -0.137. The number of guanidine groups is 1. The zero-order valence-corrected chi connectivity index (χ0v) is 19.3. The lowest BCUT2D eigenvalue weighted by Gasteiger charge is -2.35. The summed E-state index contributed by atoms with van der Waals surface area (Å²) >= 11 is 2.00. The molecule has 2 N–H and O–H groups in total. The Hall–Kier alpha value is -0.950. The first-order valence-electron chi connectivity index (χ1n) is 11.8. The van der Waals surface area contributed by atoms with E-state index in [0.717, 1.165) is 69.9 Å². The maximum absolute atomic E-state index is 12.6. The largest absolute Gasteiger partial charge is 0.357 e. The minimum Gasteiger partial charge on any atom is -0.357 e. The number of piperazine rings is 1. The van der Waals surface area contributed by atoms with E-state index in [4.69, 9.17) is 4.99 Å². The van der Waals surface area contributed by atoms with E-state index in [9.17, 15) is 4.79 Å². The number of carbonyl (C=O) groups is 1. The Labute approximate surface area is 181 Å². The lowest BCUT2D eigenvalue weighted by atomic mass is 9.95. The van der Waals surface area contributed by atoms with Gasteiger partial charge in [0.05, 0.1) is 6.54 Å². The molecule has 2 saturated carbocycles. The van der Waals surface area contributed by atoms with Crippen LogP contribution < -0.4 is 10.6 Å². The second-order valence-electron chi connectivity index (χ2n) is 8.77. The maximum atomic E-state index is 12.6. The fraction of sp³-hybridized carbons (Fsp3) is 0.909. The van der Waals surface area contributed by atoms with Crippen molar-refractivity contribution in [2.24, 2.45) is 10.9 Å². The van der Waals surface area contributed by atoms with Crippen molar-refractivity contribution in [1.29, 1.82) is 0 Å². The first-order chi connectivity index (χ1) is 14.2. The van der Waals surface area contributed by atoms with E-state index in [-0.39, 0.29) is 0 Å². The zero-order valence-electron chi connectivity index (χ0n) is 18.5. The predicted molar refractivity (Wildman–Crippen MR) is 124 cm³/mol. The van der Waals surface area contributed by atoms with Gasteiger partial charge in [0.25, 0.3) is 0 Å². The van der Waals surface area contributed by atoms with Crippen molar-refractivity contribution in [3.05, 3.63) is 0 Å². The Balaban J connectivity index is 1.38. The quantitative estimate of drug-likeness (QED) is 0.487. The smallest absolute Gasteiger partial charge is 0.225 e. The van der Waals surface area contributed by atoms with Gasteiger partial charge < -0.3 is 15.5 Å². The van der Waals surface area contributed by atoms with E-state index in [1.807, 2.05) is 11.8 Å². The number of nitrogens with zero attached hydrogens (tertiary/aromatic N) is 3. The van der Waals surface area contributed by atoms with E-state index in [1.165, 1.54) is 38.5 Å². The molecular formula is C22H41N5OS. The molecular weight excluding hydrogens is 382 g/mol. The van der Waals surface area contributed by atoms with Gasteiger partial charge in [0.1, 0.15) is 0 Å². The summed E-state index contributed by atoms with van der Waals surface area (Å²) in [5.41, 5.74) is 0. The molecule has 0 bridgehead atoms. The van der Waals surface area contributed by atoms with Crippen LogP contribution in [0.25, 0.3) is 0 Å². The molecule has 3 fully saturated rings. The second kappa shape index (κ2) is 12.0. The number of carbonyl (C=O) groups excluding carboxylic acids is 1. The maximum Gasteiger partial charge on any atom is 0.225 e. The highest BCUT2D eigenvalue weighted by atomic mass is 32.2. The second-order valence-corrected chi connectivity index (χ2v) is 9.91. The first-order valence-corrected chi connectivity index (χ1v) is 13.1. The van der Waals surface area contributed by atoms with Crippen molar-refractivity contribution in [3.8, 4) is 0 Å². The van der Waals surface area contributed by atoms with Crippen molar-refractivity contribution in [1.82, 2.24) is 20.4 Å². The number of nitrogens with one attached hydrogen (secondary N) is 2. The third-order valence-corrected chi connectivity index (χ3v) is 7.81. The van der Waals surface area contributed by atoms with Crippen molar-refractivity contribution in [3.63, 3.8) is 0 Å². The van der Waals surface area contributed by atoms with Gasteiger partial charge in [0, 0.05) is 56.5 Å². The normalized spacial score (nSPS) is 27.2. The molecule has 1 saturated heterocycles. The van der Waals surface area contributed by atoms with Gasteiger partial charge >= 0.3 is 0 Å². The Morgan fingerprint density at radius 3 is 2.52 bits per heavy atom. The van der Waals surface area contributed by atoms with Gasteiger partial charge in [-0.2, -0.15) is 11.8 Å². The van der Waals surface area contributed by atoms with Crippen LogP contribution in [0.2, 0.25) is 0 Å². The van der Waals surface area contributed by atoms with Crippen LogP contribution in [0.5, 0.6) is 0 Å². The first kappa shape index (κ1) is 22.7. The highest BCUT2D eigenvalue weighted by Crippen LogP contribution is 2.27. The summed E-state index contributed by atoms with van der Waals surface area (Å²) in [4.78, 5) is 22.0. The molecule has 1 aliphatic heterocycles. The van der Waals surface area contributed by atoms with Crippen LogP contribution in [0, 0.1) is 5.92 Å². The molecule has 0 radical (unpaired) electrons. The van der Waals surface area contributed by atoms with Crippen LogP contribution in [-0.4, -0.2) is 85.0 Å². The molecule has 3 rings (SSSR count). The van der Waals surface area contributed by atoms with Gasteiger partial charge in [-0.15, -0.1) is 0 Å². The number of aliphatic imine (C=N–C) groups is 1. The van der Waals surface area contributed by atoms with Crippen LogP contribution >= 0.6 is 11.8 Å². The molecule has 2 atom stereocenters. The molecule has 1 amide bonds. The average Bonchev–Trinajstić information content (AvgIpc) is 3.29. The van der Waals surface area contributed by atoms with Crippen molar-refractivity contribution >= 4 is 23.6 Å². The van der Waals surface area contributed by atoms with Crippen LogP contribution in [0.15, 0.2) is 4.99 Å². The Morgan fingerprint density at radius 2 is 1.83 bits per heavy atom. The van der Waals surface area contributed by atoms with Crippen molar-refractivity contribution < 1.29 is 4.79 Å². The topological polar surface area (TPSA) is 60.0 Å². The molecule has 3 aliphatic rings. The third-order valence-electron chi connectivity index (χ3n) is 6.72. The summed E-state index contributed by atoms with van der Waals surface area (Å²) < 4.78 is 0. The number of thioether (sulfide) groups is 1. The minimum atomic E-state index is 0.311. The van der Waals surface area contributed by atoms with Crippen LogP contribution in [0.3, 0.4) is 0 Å². The van der Waals surface area contributed by atoms with Gasteiger partial charge in [-0.05, 0) is 45.3 Å². The molecule has 2 unspecified atom stereocenters. The van der Waals surface area contributed by atoms with Gasteiger partial charge in [0.15, 0.2) is 5.96 Å². The average molecular weight is 424 g/mol. The number of hydrogen-bond donors (Lipinski definition) is 2. The van der Waals surface area contributed by atoms with Gasteiger partial charge in [-0.3, -0.25) is 14.7 Å². The lowest BCUT2D eigenvalue weighted by Crippen LogP contribution is -2.50. The molecule has 1 heterocycles. The van der Waals surface area contributed by atoms with Crippen LogP contribution in [-0.2, 0) is 4.79 Å². The van der Waals surface area contributed by atoms with Crippen molar-refractivity contribution in [2.45, 2.75) is 69.6 Å².